The Labute approximate surface area is 95.2 Å². The number of rotatable bonds is 2. The van der Waals surface area contributed by atoms with Crippen molar-refractivity contribution in [1.29, 1.82) is 5.26 Å². The van der Waals surface area contributed by atoms with Gasteiger partial charge in [0.15, 0.2) is 0 Å². The van der Waals surface area contributed by atoms with Crippen molar-refractivity contribution in [2.75, 3.05) is 6.61 Å². The van der Waals surface area contributed by atoms with Gasteiger partial charge in [0.2, 0.25) is 0 Å². The van der Waals surface area contributed by atoms with E-state index in [0.717, 1.165) is 0 Å². The van der Waals surface area contributed by atoms with Gasteiger partial charge in [0, 0.05) is 4.47 Å². The van der Waals surface area contributed by atoms with Gasteiger partial charge in [0.25, 0.3) is 0 Å². The molecule has 1 N–H and O–H groups in total. The zero-order chi connectivity index (χ0) is 11.4. The van der Waals surface area contributed by atoms with Gasteiger partial charge in [-0.1, -0.05) is 0 Å². The van der Waals surface area contributed by atoms with Crippen LogP contribution in [0.15, 0.2) is 16.6 Å². The third-order valence-corrected chi connectivity index (χ3v) is 2.38. The second kappa shape index (κ2) is 4.80. The van der Waals surface area contributed by atoms with Crippen LogP contribution in [0.2, 0.25) is 0 Å². The fourth-order valence-electron chi connectivity index (χ4n) is 1.08. The lowest BCUT2D eigenvalue weighted by atomic mass is 10.1. The molecule has 1 rings (SSSR count). The number of aromatic hydroxyl groups is 1. The van der Waals surface area contributed by atoms with Crippen LogP contribution in [0, 0.1) is 11.3 Å². The smallest absolute Gasteiger partial charge is 0.340 e. The molecule has 0 unspecified atom stereocenters. The highest BCUT2D eigenvalue weighted by molar-refractivity contribution is 9.10. The molecule has 0 atom stereocenters. The summed E-state index contributed by atoms with van der Waals surface area (Å²) in [5.41, 5.74) is -0.0258. The number of halogens is 1. The Morgan fingerprint density at radius 2 is 2.33 bits per heavy atom. The molecule has 78 valence electrons. The minimum atomic E-state index is -0.628. The average Bonchev–Trinajstić information content (AvgIpc) is 2.21. The van der Waals surface area contributed by atoms with Crippen LogP contribution in [0.5, 0.6) is 5.75 Å². The second-order valence-corrected chi connectivity index (χ2v) is 3.50. The number of ether oxygens (including phenoxy) is 1. The summed E-state index contributed by atoms with van der Waals surface area (Å²) in [4.78, 5) is 11.5. The van der Waals surface area contributed by atoms with Crippen LogP contribution in [-0.4, -0.2) is 17.7 Å². The summed E-state index contributed by atoms with van der Waals surface area (Å²) >= 11 is 3.13. The van der Waals surface area contributed by atoms with Gasteiger partial charge >= 0.3 is 5.97 Å². The number of phenols is 1. The van der Waals surface area contributed by atoms with E-state index in [1.165, 1.54) is 12.1 Å². The van der Waals surface area contributed by atoms with Crippen LogP contribution in [0.1, 0.15) is 22.8 Å². The minimum absolute atomic E-state index is 0.0550. The van der Waals surface area contributed by atoms with E-state index in [-0.39, 0.29) is 23.5 Å². The summed E-state index contributed by atoms with van der Waals surface area (Å²) < 4.78 is 5.20. The fourth-order valence-corrected chi connectivity index (χ4v) is 1.57. The van der Waals surface area contributed by atoms with Gasteiger partial charge in [-0.15, -0.1) is 0 Å². The predicted octanol–water partition coefficient (Wildman–Crippen LogP) is 2.20. The number of nitrogens with zero attached hydrogens (tertiary/aromatic N) is 1. The molecule has 0 saturated carbocycles. The molecule has 0 aliphatic carbocycles. The molecule has 0 aliphatic heterocycles. The summed E-state index contributed by atoms with van der Waals surface area (Å²) in [6.45, 7) is 1.88. The third kappa shape index (κ3) is 2.28. The summed E-state index contributed by atoms with van der Waals surface area (Å²) in [5, 5.41) is 18.2. The first-order chi connectivity index (χ1) is 7.11. The van der Waals surface area contributed by atoms with E-state index in [0.29, 0.717) is 4.47 Å². The first-order valence-electron chi connectivity index (χ1n) is 4.20. The highest BCUT2D eigenvalue weighted by Gasteiger charge is 2.19. The SMILES string of the molecule is CCOC(=O)c1c(Br)ccc(O)c1C#N. The first kappa shape index (κ1) is 11.5. The van der Waals surface area contributed by atoms with Crippen LogP contribution < -0.4 is 0 Å². The monoisotopic (exact) mass is 269 g/mol. The largest absolute Gasteiger partial charge is 0.507 e. The number of nitriles is 1. The van der Waals surface area contributed by atoms with E-state index >= 15 is 0 Å². The molecule has 15 heavy (non-hydrogen) atoms. The Bertz CT molecular complexity index is 437. The number of esters is 1. The maximum Gasteiger partial charge on any atom is 0.340 e. The van der Waals surface area contributed by atoms with Gasteiger partial charge in [-0.05, 0) is 35.0 Å². The van der Waals surface area contributed by atoms with E-state index in [4.69, 9.17) is 10.00 Å². The number of carbonyl (C=O) groups is 1. The molecular formula is C10H8BrNO3. The van der Waals surface area contributed by atoms with E-state index in [1.54, 1.807) is 13.0 Å². The maximum atomic E-state index is 11.5. The molecular weight excluding hydrogens is 262 g/mol. The van der Waals surface area contributed by atoms with Crippen molar-refractivity contribution in [1.82, 2.24) is 0 Å². The zero-order valence-corrected chi connectivity index (χ0v) is 9.54. The van der Waals surface area contributed by atoms with E-state index in [9.17, 15) is 9.90 Å². The van der Waals surface area contributed by atoms with Gasteiger partial charge in [0.05, 0.1) is 12.2 Å². The van der Waals surface area contributed by atoms with Crippen molar-refractivity contribution in [2.24, 2.45) is 0 Å². The van der Waals surface area contributed by atoms with Gasteiger partial charge in [-0.2, -0.15) is 5.26 Å². The van der Waals surface area contributed by atoms with Crippen LogP contribution in [0.3, 0.4) is 0 Å². The number of hydrogen-bond acceptors (Lipinski definition) is 4. The molecule has 5 heteroatoms. The summed E-state index contributed by atoms with van der Waals surface area (Å²) in [5.74, 6) is -0.861. The van der Waals surface area contributed by atoms with Crippen molar-refractivity contribution in [3.8, 4) is 11.8 Å². The van der Waals surface area contributed by atoms with Crippen LogP contribution in [-0.2, 0) is 4.74 Å². The van der Waals surface area contributed by atoms with Crippen molar-refractivity contribution >= 4 is 21.9 Å². The average molecular weight is 270 g/mol. The molecule has 0 fully saturated rings. The summed E-state index contributed by atoms with van der Waals surface area (Å²) in [6, 6.07) is 4.59. The Morgan fingerprint density at radius 1 is 1.67 bits per heavy atom. The molecule has 0 heterocycles. The molecule has 1 aromatic rings. The van der Waals surface area contributed by atoms with Crippen molar-refractivity contribution in [3.63, 3.8) is 0 Å². The van der Waals surface area contributed by atoms with Crippen LogP contribution in [0.25, 0.3) is 0 Å². The van der Waals surface area contributed by atoms with Gasteiger partial charge in [0.1, 0.15) is 17.4 Å². The van der Waals surface area contributed by atoms with Crippen molar-refractivity contribution in [2.45, 2.75) is 6.92 Å². The number of carbonyl (C=O) groups excluding carboxylic acids is 1. The first-order valence-corrected chi connectivity index (χ1v) is 4.99. The molecule has 0 aromatic heterocycles. The van der Waals surface area contributed by atoms with E-state index in [1.807, 2.05) is 0 Å². The highest BCUT2D eigenvalue weighted by Crippen LogP contribution is 2.28. The molecule has 0 spiro atoms. The molecule has 0 amide bonds. The van der Waals surface area contributed by atoms with Gasteiger partial charge in [-0.3, -0.25) is 0 Å². The maximum absolute atomic E-state index is 11.5. The van der Waals surface area contributed by atoms with E-state index in [2.05, 4.69) is 15.9 Å². The quantitative estimate of drug-likeness (QED) is 0.836. The lowest BCUT2D eigenvalue weighted by molar-refractivity contribution is 0.0524. The third-order valence-electron chi connectivity index (χ3n) is 1.72. The van der Waals surface area contributed by atoms with Crippen LogP contribution in [0.4, 0.5) is 0 Å². The Morgan fingerprint density at radius 3 is 2.87 bits per heavy atom. The van der Waals surface area contributed by atoms with Crippen molar-refractivity contribution in [3.05, 3.63) is 27.7 Å². The number of phenolic OH excluding ortho intramolecular Hbond substituents is 1. The standard InChI is InChI=1S/C10H8BrNO3/c1-2-15-10(14)9-6(5-12)8(13)4-3-7(9)11/h3-4,13H,2H2,1H3. The summed E-state index contributed by atoms with van der Waals surface area (Å²) in [7, 11) is 0. The topological polar surface area (TPSA) is 70.3 Å². The van der Waals surface area contributed by atoms with Gasteiger partial charge < -0.3 is 9.84 Å². The molecule has 0 aliphatic rings. The molecule has 0 saturated heterocycles. The lowest BCUT2D eigenvalue weighted by Crippen LogP contribution is -2.08. The normalized spacial score (nSPS) is 9.40. The Balaban J connectivity index is 3.33. The second-order valence-electron chi connectivity index (χ2n) is 2.65. The summed E-state index contributed by atoms with van der Waals surface area (Å²) in [6.07, 6.45) is 0. The highest BCUT2D eigenvalue weighted by atomic mass is 79.9. The molecule has 0 bridgehead atoms. The molecule has 4 nitrogen and oxygen atoms in total. The zero-order valence-electron chi connectivity index (χ0n) is 7.95. The fraction of sp³-hybridized carbons (Fsp3) is 0.200. The van der Waals surface area contributed by atoms with Crippen molar-refractivity contribution < 1.29 is 14.6 Å². The number of hydrogen-bond donors (Lipinski definition) is 1. The molecule has 1 aromatic carbocycles. The number of benzene rings is 1. The van der Waals surface area contributed by atoms with E-state index < -0.39 is 5.97 Å². The Kier molecular flexibility index (Phi) is 3.69. The molecule has 0 radical (unpaired) electrons. The Hall–Kier alpha value is -1.54. The minimum Gasteiger partial charge on any atom is -0.507 e. The van der Waals surface area contributed by atoms with Gasteiger partial charge in [-0.25, -0.2) is 4.79 Å². The lowest BCUT2D eigenvalue weighted by Gasteiger charge is -2.07. The predicted molar refractivity (Wildman–Crippen MR) is 56.5 cm³/mol. The van der Waals surface area contributed by atoms with Crippen LogP contribution >= 0.6 is 15.9 Å².